The summed E-state index contributed by atoms with van der Waals surface area (Å²) in [6, 6.07) is 8.22. The van der Waals surface area contributed by atoms with Crippen molar-refractivity contribution in [1.29, 1.82) is 0 Å². The fourth-order valence-corrected chi connectivity index (χ4v) is 3.78. The Morgan fingerprint density at radius 1 is 1.22 bits per heavy atom. The number of benzene rings is 1. The van der Waals surface area contributed by atoms with Gasteiger partial charge in [0.2, 0.25) is 0 Å². The molecule has 4 rings (SSSR count). The molecule has 27 heavy (non-hydrogen) atoms. The van der Waals surface area contributed by atoms with Gasteiger partial charge >= 0.3 is 0 Å². The van der Waals surface area contributed by atoms with Crippen LogP contribution in [0.15, 0.2) is 35.0 Å². The number of hydrogen-bond donors (Lipinski definition) is 1. The van der Waals surface area contributed by atoms with E-state index in [-0.39, 0.29) is 6.04 Å². The van der Waals surface area contributed by atoms with Crippen molar-refractivity contribution in [2.75, 3.05) is 20.8 Å². The molecule has 142 valence electrons. The maximum atomic E-state index is 5.44. The van der Waals surface area contributed by atoms with Gasteiger partial charge in [-0.2, -0.15) is 5.10 Å². The van der Waals surface area contributed by atoms with Gasteiger partial charge in [-0.1, -0.05) is 5.16 Å². The molecule has 1 saturated heterocycles. The second-order valence-electron chi connectivity index (χ2n) is 6.83. The van der Waals surface area contributed by atoms with Crippen LogP contribution in [0, 0.1) is 6.92 Å². The smallest absolute Gasteiger partial charge is 0.161 e. The van der Waals surface area contributed by atoms with Crippen molar-refractivity contribution in [3.63, 3.8) is 0 Å². The first-order valence-electron chi connectivity index (χ1n) is 9.11. The van der Waals surface area contributed by atoms with Crippen molar-refractivity contribution in [3.8, 4) is 22.8 Å². The summed E-state index contributed by atoms with van der Waals surface area (Å²) in [6.07, 6.45) is 4.14. The van der Waals surface area contributed by atoms with E-state index in [1.807, 2.05) is 37.4 Å². The van der Waals surface area contributed by atoms with Crippen LogP contribution in [0.4, 0.5) is 0 Å². The molecule has 3 heterocycles. The monoisotopic (exact) mass is 368 g/mol. The Labute approximate surface area is 158 Å². The molecule has 0 radical (unpaired) electrons. The lowest BCUT2D eigenvalue weighted by Crippen LogP contribution is -2.23. The van der Waals surface area contributed by atoms with Gasteiger partial charge in [-0.15, -0.1) is 0 Å². The molecule has 1 aromatic carbocycles. The molecule has 1 atom stereocenters. The van der Waals surface area contributed by atoms with E-state index in [4.69, 9.17) is 14.0 Å². The molecular formula is C20H24N4O3. The summed E-state index contributed by atoms with van der Waals surface area (Å²) in [5.41, 5.74) is 4.18. The lowest BCUT2D eigenvalue weighted by molar-refractivity contribution is 0.237. The van der Waals surface area contributed by atoms with Crippen LogP contribution in [0.1, 0.15) is 35.9 Å². The summed E-state index contributed by atoms with van der Waals surface area (Å²) >= 11 is 0. The highest BCUT2D eigenvalue weighted by atomic mass is 16.5. The molecule has 7 heteroatoms. The number of aromatic nitrogens is 3. The van der Waals surface area contributed by atoms with Crippen LogP contribution in [0.5, 0.6) is 11.5 Å². The summed E-state index contributed by atoms with van der Waals surface area (Å²) in [6.45, 7) is 3.77. The topological polar surface area (TPSA) is 76.4 Å². The molecule has 1 fully saturated rings. The molecule has 7 nitrogen and oxygen atoms in total. The van der Waals surface area contributed by atoms with Crippen LogP contribution in [0.25, 0.3) is 11.3 Å². The molecule has 0 saturated carbocycles. The number of nitrogens with zero attached hydrogens (tertiary/aromatic N) is 3. The molecule has 0 aliphatic carbocycles. The predicted octanol–water partition coefficient (Wildman–Crippen LogP) is 3.73. The molecule has 1 unspecified atom stereocenters. The molecule has 0 spiro atoms. The highest BCUT2D eigenvalue weighted by molar-refractivity contribution is 5.66. The van der Waals surface area contributed by atoms with Gasteiger partial charge in [-0.25, -0.2) is 0 Å². The van der Waals surface area contributed by atoms with E-state index < -0.39 is 0 Å². The quantitative estimate of drug-likeness (QED) is 0.714. The third-order valence-electron chi connectivity index (χ3n) is 5.11. The van der Waals surface area contributed by atoms with Gasteiger partial charge in [0.25, 0.3) is 0 Å². The molecule has 3 aromatic rings. The maximum absolute atomic E-state index is 5.44. The van der Waals surface area contributed by atoms with Crippen LogP contribution in [0.3, 0.4) is 0 Å². The Hall–Kier alpha value is -2.80. The molecule has 0 amide bonds. The average molecular weight is 368 g/mol. The number of likely N-dealkylation sites (tertiary alicyclic amines) is 1. The van der Waals surface area contributed by atoms with Crippen LogP contribution in [-0.4, -0.2) is 41.0 Å². The first kappa shape index (κ1) is 17.6. The zero-order valence-corrected chi connectivity index (χ0v) is 15.9. The van der Waals surface area contributed by atoms with E-state index in [9.17, 15) is 0 Å². The summed E-state index contributed by atoms with van der Waals surface area (Å²) in [5.74, 6) is 2.27. The fourth-order valence-electron chi connectivity index (χ4n) is 3.78. The average Bonchev–Trinajstić information content (AvgIpc) is 3.42. The molecular weight excluding hydrogens is 344 g/mol. The summed E-state index contributed by atoms with van der Waals surface area (Å²) in [4.78, 5) is 2.44. The number of H-pyrrole nitrogens is 1. The maximum Gasteiger partial charge on any atom is 0.161 e. The SMILES string of the molecule is COc1ccc(-c2[nH]ncc2CN2CCCC2c2cc(C)on2)cc1OC. The third kappa shape index (κ3) is 3.42. The van der Waals surface area contributed by atoms with Crippen molar-refractivity contribution in [3.05, 3.63) is 47.5 Å². The van der Waals surface area contributed by atoms with Crippen molar-refractivity contribution in [2.24, 2.45) is 0 Å². The van der Waals surface area contributed by atoms with Crippen LogP contribution < -0.4 is 9.47 Å². The Bertz CT molecular complexity index is 918. The van der Waals surface area contributed by atoms with Gasteiger partial charge in [0.05, 0.1) is 32.2 Å². The van der Waals surface area contributed by atoms with Gasteiger partial charge in [0, 0.05) is 23.7 Å². The molecule has 1 aliphatic rings. The highest BCUT2D eigenvalue weighted by Crippen LogP contribution is 2.36. The van der Waals surface area contributed by atoms with Gasteiger partial charge < -0.3 is 14.0 Å². The number of methoxy groups -OCH3 is 2. The largest absolute Gasteiger partial charge is 0.493 e. The first-order valence-corrected chi connectivity index (χ1v) is 9.11. The van der Waals surface area contributed by atoms with Crippen LogP contribution in [-0.2, 0) is 6.54 Å². The number of hydrogen-bond acceptors (Lipinski definition) is 6. The zero-order chi connectivity index (χ0) is 18.8. The molecule has 2 aromatic heterocycles. The van der Waals surface area contributed by atoms with E-state index in [2.05, 4.69) is 20.3 Å². The number of aromatic amines is 1. The Balaban J connectivity index is 1.59. The van der Waals surface area contributed by atoms with Crippen molar-refractivity contribution in [1.82, 2.24) is 20.3 Å². The zero-order valence-electron chi connectivity index (χ0n) is 15.9. The van der Waals surface area contributed by atoms with Crippen molar-refractivity contribution >= 4 is 0 Å². The number of rotatable bonds is 6. The Morgan fingerprint density at radius 3 is 2.81 bits per heavy atom. The van der Waals surface area contributed by atoms with Gasteiger partial charge in [0.1, 0.15) is 11.5 Å². The first-order chi connectivity index (χ1) is 13.2. The molecule has 0 bridgehead atoms. The highest BCUT2D eigenvalue weighted by Gasteiger charge is 2.29. The molecule has 1 N–H and O–H groups in total. The number of ether oxygens (including phenoxy) is 2. The lowest BCUT2D eigenvalue weighted by atomic mass is 10.1. The van der Waals surface area contributed by atoms with E-state index >= 15 is 0 Å². The number of nitrogens with one attached hydrogen (secondary N) is 1. The Kier molecular flexibility index (Phi) is 4.85. The minimum Gasteiger partial charge on any atom is -0.493 e. The third-order valence-corrected chi connectivity index (χ3v) is 5.11. The van der Waals surface area contributed by atoms with Crippen molar-refractivity contribution in [2.45, 2.75) is 32.4 Å². The summed E-state index contributed by atoms with van der Waals surface area (Å²) < 4.78 is 16.1. The lowest BCUT2D eigenvalue weighted by Gasteiger charge is -2.22. The van der Waals surface area contributed by atoms with E-state index in [0.29, 0.717) is 11.5 Å². The standard InChI is InChI=1S/C20H24N4O3/c1-13-9-16(23-27-13)17-5-4-8-24(17)12-15-11-21-22-20(15)14-6-7-18(25-2)19(10-14)26-3/h6-7,9-11,17H,4-5,8,12H2,1-3H3,(H,21,22). The minimum atomic E-state index is 0.288. The van der Waals surface area contributed by atoms with Crippen molar-refractivity contribution < 1.29 is 14.0 Å². The van der Waals surface area contributed by atoms with Gasteiger partial charge in [-0.05, 0) is 44.5 Å². The predicted molar refractivity (Wildman–Crippen MR) is 101 cm³/mol. The van der Waals surface area contributed by atoms with E-state index in [1.165, 1.54) is 0 Å². The summed E-state index contributed by atoms with van der Waals surface area (Å²) in [5, 5.41) is 11.6. The second kappa shape index (κ2) is 7.44. The number of aryl methyl sites for hydroxylation is 1. The van der Waals surface area contributed by atoms with E-state index in [1.54, 1.807) is 14.2 Å². The summed E-state index contributed by atoms with van der Waals surface area (Å²) in [7, 11) is 3.28. The van der Waals surface area contributed by atoms with Crippen LogP contribution in [0.2, 0.25) is 0 Å². The van der Waals surface area contributed by atoms with Gasteiger partial charge in [0.15, 0.2) is 11.5 Å². The second-order valence-corrected chi connectivity index (χ2v) is 6.83. The van der Waals surface area contributed by atoms with Crippen LogP contribution >= 0.6 is 0 Å². The van der Waals surface area contributed by atoms with E-state index in [0.717, 1.165) is 54.2 Å². The van der Waals surface area contributed by atoms with Gasteiger partial charge in [-0.3, -0.25) is 10.00 Å². The Morgan fingerprint density at radius 2 is 2.07 bits per heavy atom. The molecule has 1 aliphatic heterocycles. The normalized spacial score (nSPS) is 17.4. The fraction of sp³-hybridized carbons (Fsp3) is 0.400. The minimum absolute atomic E-state index is 0.288.